The molecule has 0 aliphatic heterocycles. The number of allylic oxidation sites excluding steroid dienone is 3. The lowest BCUT2D eigenvalue weighted by molar-refractivity contribution is -0.420. The third-order valence-electron chi connectivity index (χ3n) is 5.19. The molecule has 0 radical (unpaired) electrons. The fraction of sp³-hybridized carbons (Fsp3) is 0.417. The number of ketones is 1. The number of hydrogen-bond donors (Lipinski definition) is 3. The number of carbonyl (C=O) groups excluding carboxylic acids is 2. The summed E-state index contributed by atoms with van der Waals surface area (Å²) in [6.07, 6.45) is 3.88. The van der Waals surface area contributed by atoms with Crippen molar-refractivity contribution in [1.29, 1.82) is 0 Å². The average Bonchev–Trinajstić information content (AvgIpc) is 2.66. The number of benzene rings is 1. The van der Waals surface area contributed by atoms with Crippen molar-refractivity contribution in [2.75, 3.05) is 5.32 Å². The number of phenolic OH excluding ortho intramolecular Hbond substituents is 1. The molecule has 1 aliphatic carbocycles. The molecule has 32 heavy (non-hydrogen) atoms. The molecule has 0 atom stereocenters. The van der Waals surface area contributed by atoms with E-state index < -0.39 is 33.3 Å². The Morgan fingerprint density at radius 2 is 1.59 bits per heavy atom. The maximum absolute atomic E-state index is 12.9. The van der Waals surface area contributed by atoms with Crippen LogP contribution >= 0.6 is 0 Å². The van der Waals surface area contributed by atoms with Crippen LogP contribution in [0.15, 0.2) is 47.4 Å². The molecular formula is C24H30N2O6. The Balaban J connectivity index is 2.46. The number of hydrogen-bond acceptors (Lipinski definition) is 6. The van der Waals surface area contributed by atoms with E-state index in [-0.39, 0.29) is 22.4 Å². The number of Topliss-reactive ketones (excluding diaryl/α,β-unsaturated/α-hetero) is 1. The summed E-state index contributed by atoms with van der Waals surface area (Å²) in [4.78, 5) is 36.4. The first-order valence-electron chi connectivity index (χ1n) is 10.3. The molecule has 1 aromatic carbocycles. The third-order valence-corrected chi connectivity index (χ3v) is 5.19. The minimum Gasteiger partial charge on any atom is -0.515 e. The highest BCUT2D eigenvalue weighted by molar-refractivity contribution is 6.29. The topological polar surface area (TPSA) is 130 Å². The van der Waals surface area contributed by atoms with Crippen LogP contribution in [0.5, 0.6) is 5.75 Å². The number of anilines is 1. The lowest BCUT2D eigenvalue weighted by Crippen LogP contribution is -2.26. The number of aromatic hydroxyl groups is 1. The van der Waals surface area contributed by atoms with E-state index >= 15 is 0 Å². The molecule has 3 N–H and O–H groups in total. The Bertz CT molecular complexity index is 1050. The van der Waals surface area contributed by atoms with Gasteiger partial charge in [0.05, 0.1) is 16.8 Å². The predicted molar refractivity (Wildman–Crippen MR) is 122 cm³/mol. The molecule has 8 nitrogen and oxygen atoms in total. The number of nitro groups is 1. The molecule has 0 saturated heterocycles. The first-order chi connectivity index (χ1) is 14.7. The molecule has 1 aromatic rings. The van der Waals surface area contributed by atoms with Crippen LogP contribution in [-0.2, 0) is 20.4 Å². The molecule has 0 saturated carbocycles. The largest absolute Gasteiger partial charge is 0.515 e. The lowest BCUT2D eigenvalue weighted by Gasteiger charge is -2.28. The molecule has 8 heteroatoms. The fourth-order valence-corrected chi connectivity index (χ4v) is 3.51. The summed E-state index contributed by atoms with van der Waals surface area (Å²) in [7, 11) is 0. The number of aliphatic hydroxyl groups is 1. The van der Waals surface area contributed by atoms with Crippen molar-refractivity contribution in [2.24, 2.45) is 0 Å². The van der Waals surface area contributed by atoms with Crippen LogP contribution in [0.3, 0.4) is 0 Å². The maximum atomic E-state index is 12.9. The van der Waals surface area contributed by atoms with E-state index in [2.05, 4.69) is 5.32 Å². The number of carbonyl (C=O) groups is 2. The minimum absolute atomic E-state index is 0.0183. The third kappa shape index (κ3) is 5.25. The molecule has 1 aliphatic rings. The Hall–Kier alpha value is -3.42. The van der Waals surface area contributed by atoms with Crippen molar-refractivity contribution in [1.82, 2.24) is 0 Å². The average molecular weight is 443 g/mol. The van der Waals surface area contributed by atoms with Gasteiger partial charge in [-0.15, -0.1) is 0 Å². The molecule has 0 spiro atoms. The van der Waals surface area contributed by atoms with Gasteiger partial charge in [0.15, 0.2) is 0 Å². The van der Waals surface area contributed by atoms with Crippen molar-refractivity contribution in [3.8, 4) is 5.75 Å². The highest BCUT2D eigenvalue weighted by Gasteiger charge is 2.32. The van der Waals surface area contributed by atoms with Crippen molar-refractivity contribution in [2.45, 2.75) is 65.2 Å². The molecule has 172 valence electrons. The molecule has 0 unspecified atom stereocenters. The second-order valence-corrected chi connectivity index (χ2v) is 9.78. The van der Waals surface area contributed by atoms with E-state index in [1.165, 1.54) is 18.2 Å². The molecule has 0 fully saturated rings. The van der Waals surface area contributed by atoms with E-state index in [0.29, 0.717) is 24.7 Å². The predicted octanol–water partition coefficient (Wildman–Crippen LogP) is 4.82. The van der Waals surface area contributed by atoms with Crippen LogP contribution in [0, 0.1) is 10.1 Å². The Morgan fingerprint density at radius 1 is 1.03 bits per heavy atom. The van der Waals surface area contributed by atoms with Crippen molar-refractivity contribution in [3.05, 3.63) is 68.6 Å². The van der Waals surface area contributed by atoms with Crippen LogP contribution in [0.4, 0.5) is 5.69 Å². The molecule has 2 rings (SSSR count). The molecular weight excluding hydrogens is 412 g/mol. The van der Waals surface area contributed by atoms with E-state index in [9.17, 15) is 29.9 Å². The maximum Gasteiger partial charge on any atom is 0.276 e. The molecule has 0 heterocycles. The van der Waals surface area contributed by atoms with Crippen LogP contribution < -0.4 is 5.32 Å². The summed E-state index contributed by atoms with van der Waals surface area (Å²) in [5.74, 6) is -1.89. The summed E-state index contributed by atoms with van der Waals surface area (Å²) in [5.41, 5.74) is -0.333. The number of phenols is 1. The summed E-state index contributed by atoms with van der Waals surface area (Å²) < 4.78 is 0. The van der Waals surface area contributed by atoms with Gasteiger partial charge in [0.25, 0.3) is 11.6 Å². The van der Waals surface area contributed by atoms with Crippen LogP contribution in [0.25, 0.3) is 0 Å². The Labute approximate surface area is 187 Å². The van der Waals surface area contributed by atoms with Gasteiger partial charge < -0.3 is 15.5 Å². The first-order valence-corrected chi connectivity index (χ1v) is 10.3. The number of nitrogens with one attached hydrogen (secondary N) is 1. The molecule has 1 amide bonds. The summed E-state index contributed by atoms with van der Waals surface area (Å²) >= 11 is 0. The quantitative estimate of drug-likeness (QED) is 0.150. The zero-order valence-electron chi connectivity index (χ0n) is 19.3. The number of nitrogens with zero attached hydrogens (tertiary/aromatic N) is 1. The van der Waals surface area contributed by atoms with Gasteiger partial charge in [-0.1, -0.05) is 47.6 Å². The van der Waals surface area contributed by atoms with Gasteiger partial charge in [-0.25, -0.2) is 0 Å². The zero-order chi connectivity index (χ0) is 24.4. The second-order valence-electron chi connectivity index (χ2n) is 9.78. The summed E-state index contributed by atoms with van der Waals surface area (Å²) in [6.45, 7) is 11.7. The summed E-state index contributed by atoms with van der Waals surface area (Å²) in [6, 6.07) is 3.23. The van der Waals surface area contributed by atoms with E-state index in [1.54, 1.807) is 0 Å². The van der Waals surface area contributed by atoms with Gasteiger partial charge in [-0.05, 0) is 46.9 Å². The minimum atomic E-state index is -0.944. The van der Waals surface area contributed by atoms with Crippen LogP contribution in [0.1, 0.15) is 65.5 Å². The number of amides is 1. The van der Waals surface area contributed by atoms with Gasteiger partial charge >= 0.3 is 0 Å². The Morgan fingerprint density at radius 3 is 2.09 bits per heavy atom. The van der Waals surface area contributed by atoms with Crippen LogP contribution in [0.2, 0.25) is 0 Å². The van der Waals surface area contributed by atoms with Gasteiger partial charge in [0.2, 0.25) is 5.78 Å². The monoisotopic (exact) mass is 442 g/mol. The van der Waals surface area contributed by atoms with Gasteiger partial charge in [0, 0.05) is 11.8 Å². The Kier molecular flexibility index (Phi) is 6.97. The number of rotatable bonds is 5. The smallest absolute Gasteiger partial charge is 0.276 e. The van der Waals surface area contributed by atoms with E-state index in [1.807, 2.05) is 47.6 Å². The van der Waals surface area contributed by atoms with E-state index in [4.69, 9.17) is 0 Å². The SMILES string of the molecule is CC(C)(C)c1cc(C(C)(C)C)c(NC(=O)/C(=C\O)C(=O)C2=CCCC=C2[N+](=O)[O-])cc1O. The van der Waals surface area contributed by atoms with Gasteiger partial charge in [-0.2, -0.15) is 0 Å². The summed E-state index contributed by atoms with van der Waals surface area (Å²) in [5, 5.41) is 34.1. The normalized spacial score (nSPS) is 15.0. The van der Waals surface area contributed by atoms with Crippen LogP contribution in [-0.4, -0.2) is 26.8 Å². The fourth-order valence-electron chi connectivity index (χ4n) is 3.51. The zero-order valence-corrected chi connectivity index (χ0v) is 19.3. The molecule has 0 aromatic heterocycles. The second kappa shape index (κ2) is 8.98. The highest BCUT2D eigenvalue weighted by Crippen LogP contribution is 2.39. The van der Waals surface area contributed by atoms with Crippen molar-refractivity contribution in [3.63, 3.8) is 0 Å². The van der Waals surface area contributed by atoms with Gasteiger partial charge in [0.1, 0.15) is 11.3 Å². The highest BCUT2D eigenvalue weighted by atomic mass is 16.6. The standard InChI is InChI=1S/C24H30N2O6/c1-23(2,3)16-11-17(24(4,5)6)20(28)12-18(16)25-22(30)15(13-27)21(29)14-9-7-8-10-19(14)26(31)32/h9-13,27-28H,7-8H2,1-6H3,(H,25,30)/b15-13-. The number of aliphatic hydroxyl groups excluding tert-OH is 1. The van der Waals surface area contributed by atoms with Gasteiger partial charge in [-0.3, -0.25) is 19.7 Å². The lowest BCUT2D eigenvalue weighted by atomic mass is 9.79. The van der Waals surface area contributed by atoms with Crippen molar-refractivity contribution >= 4 is 17.4 Å². The van der Waals surface area contributed by atoms with E-state index in [0.717, 1.165) is 5.56 Å². The first kappa shape index (κ1) is 24.8. The van der Waals surface area contributed by atoms with Crippen molar-refractivity contribution < 1.29 is 24.7 Å². The molecule has 0 bridgehead atoms.